The molecule has 0 saturated heterocycles. The van der Waals surface area contributed by atoms with Crippen LogP contribution in [0.1, 0.15) is 17.2 Å². The summed E-state index contributed by atoms with van der Waals surface area (Å²) in [4.78, 5) is 12.0. The zero-order valence-electron chi connectivity index (χ0n) is 13.5. The molecule has 2 N–H and O–H groups in total. The van der Waals surface area contributed by atoms with E-state index in [1.54, 1.807) is 17.4 Å². The van der Waals surface area contributed by atoms with Crippen LogP contribution in [0.15, 0.2) is 65.4 Å². The normalized spacial score (nSPS) is 11.9. The number of amides is 1. The van der Waals surface area contributed by atoms with Crippen LogP contribution in [0.25, 0.3) is 11.1 Å². The van der Waals surface area contributed by atoms with Crippen molar-refractivity contribution in [2.24, 2.45) is 0 Å². The molecule has 0 fully saturated rings. The average molecular weight is 372 g/mol. The van der Waals surface area contributed by atoms with Crippen molar-refractivity contribution in [3.05, 3.63) is 81.5 Å². The number of thiophene rings is 1. The van der Waals surface area contributed by atoms with Gasteiger partial charge in [0.2, 0.25) is 5.91 Å². The van der Waals surface area contributed by atoms with Crippen LogP contribution in [0.5, 0.6) is 0 Å². The fourth-order valence-corrected chi connectivity index (χ4v) is 3.40. The molecule has 0 aliphatic rings. The van der Waals surface area contributed by atoms with Gasteiger partial charge < -0.3 is 10.4 Å². The molecule has 0 bridgehead atoms. The standard InChI is InChI=1S/C20H18ClNO2S/c21-18-4-2-1-3-16(18)11-20(24)22-12-19(23)15-7-5-14(6-8-15)17-9-10-25-13-17/h1-10,13,19,23H,11-12H2,(H,22,24). The Morgan fingerprint density at radius 3 is 2.52 bits per heavy atom. The fourth-order valence-electron chi connectivity index (χ4n) is 2.53. The number of rotatable bonds is 6. The molecule has 128 valence electrons. The lowest BCUT2D eigenvalue weighted by atomic mass is 10.0. The van der Waals surface area contributed by atoms with Crippen molar-refractivity contribution >= 4 is 28.8 Å². The summed E-state index contributed by atoms with van der Waals surface area (Å²) in [6.07, 6.45) is -0.546. The lowest BCUT2D eigenvalue weighted by Crippen LogP contribution is -2.29. The van der Waals surface area contributed by atoms with E-state index in [1.807, 2.05) is 47.8 Å². The third kappa shape index (κ3) is 4.69. The Morgan fingerprint density at radius 2 is 1.84 bits per heavy atom. The zero-order valence-corrected chi connectivity index (χ0v) is 15.1. The molecule has 3 nitrogen and oxygen atoms in total. The van der Waals surface area contributed by atoms with Gasteiger partial charge in [0.1, 0.15) is 0 Å². The third-order valence-electron chi connectivity index (χ3n) is 3.95. The molecule has 1 unspecified atom stereocenters. The summed E-state index contributed by atoms with van der Waals surface area (Å²) >= 11 is 7.71. The molecular weight excluding hydrogens is 354 g/mol. The van der Waals surface area contributed by atoms with Crippen LogP contribution in [-0.4, -0.2) is 17.6 Å². The summed E-state index contributed by atoms with van der Waals surface area (Å²) in [5, 5.41) is 17.7. The van der Waals surface area contributed by atoms with Crippen LogP contribution in [-0.2, 0) is 11.2 Å². The van der Waals surface area contributed by atoms with Crippen molar-refractivity contribution in [1.82, 2.24) is 5.32 Å². The highest BCUT2D eigenvalue weighted by atomic mass is 35.5. The molecule has 3 aromatic rings. The van der Waals surface area contributed by atoms with E-state index in [4.69, 9.17) is 11.6 Å². The highest BCUT2D eigenvalue weighted by Gasteiger charge is 2.11. The van der Waals surface area contributed by atoms with Gasteiger partial charge >= 0.3 is 0 Å². The Morgan fingerprint density at radius 1 is 1.08 bits per heavy atom. The molecule has 0 radical (unpaired) electrons. The van der Waals surface area contributed by atoms with Gasteiger partial charge in [-0.2, -0.15) is 11.3 Å². The predicted octanol–water partition coefficient (Wildman–Crippen LogP) is 4.46. The van der Waals surface area contributed by atoms with E-state index in [-0.39, 0.29) is 18.9 Å². The number of hydrogen-bond donors (Lipinski definition) is 2. The molecule has 0 aliphatic heterocycles. The Balaban J connectivity index is 1.54. The maximum atomic E-state index is 12.0. The highest BCUT2D eigenvalue weighted by Crippen LogP contribution is 2.24. The second-order valence-electron chi connectivity index (χ2n) is 5.72. The first kappa shape index (κ1) is 17.7. The van der Waals surface area contributed by atoms with Gasteiger partial charge in [0.05, 0.1) is 12.5 Å². The van der Waals surface area contributed by atoms with E-state index in [9.17, 15) is 9.90 Å². The quantitative estimate of drug-likeness (QED) is 0.672. The molecule has 5 heteroatoms. The molecule has 0 saturated carbocycles. The van der Waals surface area contributed by atoms with Crippen molar-refractivity contribution in [1.29, 1.82) is 0 Å². The molecule has 1 atom stereocenters. The number of aliphatic hydroxyl groups is 1. The zero-order chi connectivity index (χ0) is 17.6. The average Bonchev–Trinajstić information content (AvgIpc) is 3.16. The number of aliphatic hydroxyl groups excluding tert-OH is 1. The SMILES string of the molecule is O=C(Cc1ccccc1Cl)NCC(O)c1ccc(-c2ccsc2)cc1. The molecule has 0 aliphatic carbocycles. The van der Waals surface area contributed by atoms with Crippen LogP contribution in [0.2, 0.25) is 5.02 Å². The maximum absolute atomic E-state index is 12.0. The van der Waals surface area contributed by atoms with Gasteiger partial charge in [-0.25, -0.2) is 0 Å². The third-order valence-corrected chi connectivity index (χ3v) is 5.00. The second-order valence-corrected chi connectivity index (χ2v) is 6.91. The van der Waals surface area contributed by atoms with Gasteiger partial charge in [0, 0.05) is 11.6 Å². The van der Waals surface area contributed by atoms with Crippen molar-refractivity contribution in [2.75, 3.05) is 6.54 Å². The summed E-state index contributed by atoms with van der Waals surface area (Å²) < 4.78 is 0. The number of benzene rings is 2. The first-order valence-corrected chi connectivity index (χ1v) is 9.26. The molecule has 2 aromatic carbocycles. The summed E-state index contributed by atoms with van der Waals surface area (Å²) in [5.74, 6) is -0.165. The van der Waals surface area contributed by atoms with Crippen molar-refractivity contribution in [2.45, 2.75) is 12.5 Å². The smallest absolute Gasteiger partial charge is 0.224 e. The monoisotopic (exact) mass is 371 g/mol. The van der Waals surface area contributed by atoms with Gasteiger partial charge in [0.15, 0.2) is 0 Å². The van der Waals surface area contributed by atoms with Gasteiger partial charge in [-0.3, -0.25) is 4.79 Å². The van der Waals surface area contributed by atoms with E-state index in [2.05, 4.69) is 16.8 Å². The largest absolute Gasteiger partial charge is 0.387 e. The van der Waals surface area contributed by atoms with E-state index < -0.39 is 6.10 Å². The maximum Gasteiger partial charge on any atom is 0.224 e. The van der Waals surface area contributed by atoms with Crippen molar-refractivity contribution < 1.29 is 9.90 Å². The number of nitrogens with one attached hydrogen (secondary N) is 1. The van der Waals surface area contributed by atoms with Gasteiger partial charge in [-0.15, -0.1) is 0 Å². The lowest BCUT2D eigenvalue weighted by Gasteiger charge is -2.13. The summed E-state index contributed by atoms with van der Waals surface area (Å²) in [7, 11) is 0. The Labute approximate surface area is 155 Å². The van der Waals surface area contributed by atoms with E-state index >= 15 is 0 Å². The van der Waals surface area contributed by atoms with Crippen LogP contribution >= 0.6 is 22.9 Å². The first-order valence-electron chi connectivity index (χ1n) is 7.94. The molecule has 1 aromatic heterocycles. The van der Waals surface area contributed by atoms with Gasteiger partial charge in [-0.05, 0) is 45.1 Å². The number of hydrogen-bond acceptors (Lipinski definition) is 3. The molecule has 25 heavy (non-hydrogen) atoms. The minimum Gasteiger partial charge on any atom is -0.387 e. The van der Waals surface area contributed by atoms with Crippen LogP contribution < -0.4 is 5.32 Å². The Kier molecular flexibility index (Phi) is 5.87. The van der Waals surface area contributed by atoms with Crippen LogP contribution in [0, 0.1) is 0 Å². The summed E-state index contributed by atoms with van der Waals surface area (Å²) in [6, 6.07) is 17.0. The summed E-state index contributed by atoms with van der Waals surface area (Å²) in [6.45, 7) is 0.168. The fraction of sp³-hybridized carbons (Fsp3) is 0.150. The molecule has 1 heterocycles. The van der Waals surface area contributed by atoms with Crippen molar-refractivity contribution in [3.63, 3.8) is 0 Å². The van der Waals surface area contributed by atoms with Crippen molar-refractivity contribution in [3.8, 4) is 11.1 Å². The van der Waals surface area contributed by atoms with E-state index in [1.165, 1.54) is 5.56 Å². The van der Waals surface area contributed by atoms with E-state index in [0.717, 1.165) is 16.7 Å². The lowest BCUT2D eigenvalue weighted by molar-refractivity contribution is -0.120. The van der Waals surface area contributed by atoms with E-state index in [0.29, 0.717) is 5.02 Å². The molecule has 1 amide bonds. The second kappa shape index (κ2) is 8.30. The highest BCUT2D eigenvalue weighted by molar-refractivity contribution is 7.08. The number of carbonyl (C=O) groups excluding carboxylic acids is 1. The molecule has 3 rings (SSSR count). The first-order chi connectivity index (χ1) is 12.1. The minimum absolute atomic E-state index is 0.165. The summed E-state index contributed by atoms with van der Waals surface area (Å²) in [5.41, 5.74) is 3.83. The van der Waals surface area contributed by atoms with Gasteiger partial charge in [0.25, 0.3) is 0 Å². The Bertz CT molecular complexity index is 831. The Hall–Kier alpha value is -2.14. The van der Waals surface area contributed by atoms with Crippen LogP contribution in [0.4, 0.5) is 0 Å². The minimum atomic E-state index is -0.744. The molecular formula is C20H18ClNO2S. The number of halogens is 1. The van der Waals surface area contributed by atoms with Crippen LogP contribution in [0.3, 0.4) is 0 Å². The molecule has 0 spiro atoms. The van der Waals surface area contributed by atoms with Gasteiger partial charge in [-0.1, -0.05) is 54.1 Å². The predicted molar refractivity (Wildman–Crippen MR) is 103 cm³/mol. The number of carbonyl (C=O) groups is 1. The topological polar surface area (TPSA) is 49.3 Å².